The summed E-state index contributed by atoms with van der Waals surface area (Å²) in [5, 5.41) is 8.78. The van der Waals surface area contributed by atoms with Crippen LogP contribution in [0.1, 0.15) is 17.5 Å². The Kier molecular flexibility index (Phi) is 3.85. The predicted molar refractivity (Wildman–Crippen MR) is 57.8 cm³/mol. The van der Waals surface area contributed by atoms with Crippen molar-refractivity contribution in [1.82, 2.24) is 0 Å². The number of hydrogen-bond donors (Lipinski definition) is 1. The first-order chi connectivity index (χ1) is 6.77. The van der Waals surface area contributed by atoms with Crippen molar-refractivity contribution in [2.75, 3.05) is 11.6 Å². The molecule has 0 spiro atoms. The van der Waals surface area contributed by atoms with Crippen molar-refractivity contribution in [3.05, 3.63) is 29.3 Å². The van der Waals surface area contributed by atoms with Crippen LogP contribution in [0.15, 0.2) is 18.2 Å². The van der Waals surface area contributed by atoms with Gasteiger partial charge in [-0.05, 0) is 18.2 Å². The van der Waals surface area contributed by atoms with Gasteiger partial charge in [-0.2, -0.15) is 5.26 Å². The Bertz CT molecular complexity index is 421. The molecule has 0 aromatic heterocycles. The summed E-state index contributed by atoms with van der Waals surface area (Å²) in [6.45, 7) is 0. The Labute approximate surface area is 88.3 Å². The highest BCUT2D eigenvalue weighted by atomic mass is 35.5. The van der Waals surface area contributed by atoms with Gasteiger partial charge in [0, 0.05) is 23.6 Å². The van der Waals surface area contributed by atoms with Crippen LogP contribution < -0.4 is 5.73 Å². The second kappa shape index (κ2) is 5.17. The van der Waals surface area contributed by atoms with E-state index < -0.39 is 0 Å². The molecule has 0 heterocycles. The maximum absolute atomic E-state index is 8.78. The minimum atomic E-state index is 0.497. The van der Waals surface area contributed by atoms with E-state index in [0.717, 1.165) is 0 Å². The Morgan fingerprint density at radius 2 is 2.14 bits per heavy atom. The average Bonchev–Trinajstić information content (AvgIpc) is 2.19. The summed E-state index contributed by atoms with van der Waals surface area (Å²) < 4.78 is 0. The largest absolute Gasteiger partial charge is 0.399 e. The highest BCUT2D eigenvalue weighted by Gasteiger charge is 1.98. The number of nitrogen functional groups attached to an aromatic ring is 1. The Morgan fingerprint density at radius 3 is 2.79 bits per heavy atom. The number of nitriles is 1. The molecule has 3 heteroatoms. The molecule has 1 rings (SSSR count). The molecule has 0 saturated carbocycles. The van der Waals surface area contributed by atoms with Crippen molar-refractivity contribution < 1.29 is 0 Å². The second-order valence-corrected chi connectivity index (χ2v) is 3.04. The fraction of sp³-hybridized carbons (Fsp3) is 0.182. The molecule has 0 atom stereocenters. The van der Waals surface area contributed by atoms with Crippen LogP contribution in [0.3, 0.4) is 0 Å². The first kappa shape index (κ1) is 10.4. The van der Waals surface area contributed by atoms with Crippen LogP contribution in [0.4, 0.5) is 5.69 Å². The molecule has 0 fully saturated rings. The lowest BCUT2D eigenvalue weighted by atomic mass is 10.1. The summed E-state index contributed by atoms with van der Waals surface area (Å²) in [7, 11) is 0. The first-order valence-corrected chi connectivity index (χ1v) is 4.66. The third-order valence-corrected chi connectivity index (χ3v) is 1.80. The van der Waals surface area contributed by atoms with Crippen LogP contribution >= 0.6 is 11.6 Å². The van der Waals surface area contributed by atoms with Crippen LogP contribution in [0.25, 0.3) is 0 Å². The van der Waals surface area contributed by atoms with Crippen LogP contribution in [-0.4, -0.2) is 5.88 Å². The smallest absolute Gasteiger partial charge is 0.100 e. The summed E-state index contributed by atoms with van der Waals surface area (Å²) in [6.07, 6.45) is 0.612. The molecule has 0 radical (unpaired) electrons. The molecule has 1 aromatic rings. The van der Waals surface area contributed by atoms with E-state index in [-0.39, 0.29) is 0 Å². The van der Waals surface area contributed by atoms with Gasteiger partial charge >= 0.3 is 0 Å². The summed E-state index contributed by atoms with van der Waals surface area (Å²) in [4.78, 5) is 0. The monoisotopic (exact) mass is 204 g/mol. The average molecular weight is 205 g/mol. The zero-order valence-corrected chi connectivity index (χ0v) is 8.30. The standard InChI is InChI=1S/C11H9ClN2/c12-6-2-1-3-9-7-11(14)5-4-10(9)8-13/h4-5,7H,2,6,14H2. The molecule has 14 heavy (non-hydrogen) atoms. The van der Waals surface area contributed by atoms with Gasteiger partial charge in [0.05, 0.1) is 5.56 Å². The highest BCUT2D eigenvalue weighted by molar-refractivity contribution is 6.18. The van der Waals surface area contributed by atoms with Gasteiger partial charge in [0.1, 0.15) is 6.07 Å². The number of halogens is 1. The quantitative estimate of drug-likeness (QED) is 0.433. The fourth-order valence-corrected chi connectivity index (χ4v) is 1.06. The molecule has 2 N–H and O–H groups in total. The minimum absolute atomic E-state index is 0.497. The number of nitrogens with two attached hydrogens (primary N) is 1. The van der Waals surface area contributed by atoms with Gasteiger partial charge in [0.15, 0.2) is 0 Å². The zero-order chi connectivity index (χ0) is 10.4. The highest BCUT2D eigenvalue weighted by Crippen LogP contribution is 2.11. The SMILES string of the molecule is N#Cc1ccc(N)cc1C#CCCCl. The van der Waals surface area contributed by atoms with Gasteiger partial charge in [0.25, 0.3) is 0 Å². The van der Waals surface area contributed by atoms with Crippen molar-refractivity contribution in [3.8, 4) is 17.9 Å². The lowest BCUT2D eigenvalue weighted by Crippen LogP contribution is -1.89. The molecule has 1 aromatic carbocycles. The Hall–Kier alpha value is -1.64. The van der Waals surface area contributed by atoms with E-state index in [9.17, 15) is 0 Å². The molecular weight excluding hydrogens is 196 g/mol. The normalized spacial score (nSPS) is 8.57. The minimum Gasteiger partial charge on any atom is -0.399 e. The van der Waals surface area contributed by atoms with Gasteiger partial charge in [-0.1, -0.05) is 11.8 Å². The van der Waals surface area contributed by atoms with Crippen LogP contribution in [0.5, 0.6) is 0 Å². The molecular formula is C11H9ClN2. The number of nitrogens with zero attached hydrogens (tertiary/aromatic N) is 1. The van der Waals surface area contributed by atoms with E-state index in [2.05, 4.69) is 17.9 Å². The third-order valence-electron chi connectivity index (χ3n) is 1.61. The number of anilines is 1. The molecule has 0 aliphatic rings. The maximum Gasteiger partial charge on any atom is 0.100 e. The molecule has 0 aliphatic carbocycles. The second-order valence-electron chi connectivity index (χ2n) is 2.66. The summed E-state index contributed by atoms with van der Waals surface area (Å²) in [5.74, 6) is 6.23. The molecule has 0 amide bonds. The van der Waals surface area contributed by atoms with Crippen molar-refractivity contribution >= 4 is 17.3 Å². The number of benzene rings is 1. The van der Waals surface area contributed by atoms with Crippen LogP contribution in [-0.2, 0) is 0 Å². The van der Waals surface area contributed by atoms with E-state index in [0.29, 0.717) is 29.1 Å². The Balaban J connectivity index is 3.02. The maximum atomic E-state index is 8.78. The zero-order valence-electron chi connectivity index (χ0n) is 7.55. The van der Waals surface area contributed by atoms with E-state index in [1.807, 2.05) is 0 Å². The van der Waals surface area contributed by atoms with E-state index in [1.165, 1.54) is 0 Å². The van der Waals surface area contributed by atoms with E-state index in [4.69, 9.17) is 22.6 Å². The number of alkyl halides is 1. The van der Waals surface area contributed by atoms with Crippen molar-refractivity contribution in [1.29, 1.82) is 5.26 Å². The molecule has 0 aliphatic heterocycles. The van der Waals surface area contributed by atoms with Gasteiger partial charge in [-0.25, -0.2) is 0 Å². The fourth-order valence-electron chi connectivity index (χ4n) is 0.968. The van der Waals surface area contributed by atoms with Gasteiger partial charge in [0.2, 0.25) is 0 Å². The first-order valence-electron chi connectivity index (χ1n) is 4.12. The van der Waals surface area contributed by atoms with E-state index >= 15 is 0 Å². The predicted octanol–water partition coefficient (Wildman–Crippen LogP) is 2.12. The van der Waals surface area contributed by atoms with Crippen LogP contribution in [0.2, 0.25) is 0 Å². The molecule has 70 valence electrons. The number of hydrogen-bond acceptors (Lipinski definition) is 2. The summed E-state index contributed by atoms with van der Waals surface area (Å²) in [5.41, 5.74) is 7.40. The lowest BCUT2D eigenvalue weighted by molar-refractivity contribution is 1.29. The molecule has 0 bridgehead atoms. The molecule has 2 nitrogen and oxygen atoms in total. The molecule has 0 saturated heterocycles. The summed E-state index contributed by atoms with van der Waals surface area (Å²) in [6, 6.07) is 7.11. The van der Waals surface area contributed by atoms with Crippen LogP contribution in [0, 0.1) is 23.2 Å². The van der Waals surface area contributed by atoms with Crippen molar-refractivity contribution in [2.45, 2.75) is 6.42 Å². The van der Waals surface area contributed by atoms with E-state index in [1.54, 1.807) is 18.2 Å². The van der Waals surface area contributed by atoms with Crippen molar-refractivity contribution in [2.24, 2.45) is 0 Å². The Morgan fingerprint density at radius 1 is 1.36 bits per heavy atom. The van der Waals surface area contributed by atoms with Crippen molar-refractivity contribution in [3.63, 3.8) is 0 Å². The topological polar surface area (TPSA) is 49.8 Å². The number of rotatable bonds is 1. The molecule has 0 unspecified atom stereocenters. The van der Waals surface area contributed by atoms with Gasteiger partial charge in [-0.3, -0.25) is 0 Å². The van der Waals surface area contributed by atoms with Gasteiger partial charge in [-0.15, -0.1) is 11.6 Å². The summed E-state index contributed by atoms with van der Waals surface area (Å²) >= 11 is 5.48. The third kappa shape index (κ3) is 2.69. The lowest BCUT2D eigenvalue weighted by Gasteiger charge is -1.96. The van der Waals surface area contributed by atoms with Gasteiger partial charge < -0.3 is 5.73 Å².